The zero-order valence-corrected chi connectivity index (χ0v) is 27.0. The van der Waals surface area contributed by atoms with Crippen LogP contribution in [-0.2, 0) is 19.6 Å². The molecular formula is C33H33N5O9S. The van der Waals surface area contributed by atoms with Crippen molar-refractivity contribution in [3.8, 4) is 17.2 Å². The molecule has 14 nitrogen and oxygen atoms in total. The van der Waals surface area contributed by atoms with Gasteiger partial charge in [0.05, 0.1) is 37.1 Å². The van der Waals surface area contributed by atoms with Crippen LogP contribution in [0, 0.1) is 10.1 Å². The van der Waals surface area contributed by atoms with Gasteiger partial charge in [-0.1, -0.05) is 42.5 Å². The van der Waals surface area contributed by atoms with Crippen LogP contribution in [-0.4, -0.2) is 58.7 Å². The van der Waals surface area contributed by atoms with Crippen molar-refractivity contribution >= 4 is 39.4 Å². The summed E-state index contributed by atoms with van der Waals surface area (Å²) in [6.45, 7) is 0.888. The van der Waals surface area contributed by atoms with Gasteiger partial charge >= 0.3 is 0 Å². The van der Waals surface area contributed by atoms with Crippen molar-refractivity contribution in [1.29, 1.82) is 0 Å². The maximum Gasteiger partial charge on any atom is 0.289 e. The van der Waals surface area contributed by atoms with E-state index in [0.717, 1.165) is 17.7 Å². The highest BCUT2D eigenvalue weighted by molar-refractivity contribution is 7.93. The molecule has 0 aliphatic rings. The molecule has 250 valence electrons. The smallest absolute Gasteiger partial charge is 0.289 e. The van der Waals surface area contributed by atoms with Gasteiger partial charge in [-0.3, -0.25) is 24.0 Å². The van der Waals surface area contributed by atoms with E-state index >= 15 is 0 Å². The number of benzene rings is 4. The monoisotopic (exact) mass is 675 g/mol. The first kappa shape index (κ1) is 34.9. The molecule has 1 atom stereocenters. The number of para-hydroxylation sites is 1. The third kappa shape index (κ3) is 8.85. The second kappa shape index (κ2) is 16.0. The van der Waals surface area contributed by atoms with E-state index in [2.05, 4.69) is 15.8 Å². The largest absolute Gasteiger partial charge is 0.497 e. The molecule has 0 spiro atoms. The molecule has 4 rings (SSSR count). The first-order valence-electron chi connectivity index (χ1n) is 14.4. The van der Waals surface area contributed by atoms with Gasteiger partial charge in [-0.25, -0.2) is 13.8 Å². The second-order valence-electron chi connectivity index (χ2n) is 10.1. The predicted molar refractivity (Wildman–Crippen MR) is 178 cm³/mol. The Morgan fingerprint density at radius 2 is 1.58 bits per heavy atom. The van der Waals surface area contributed by atoms with Gasteiger partial charge in [-0.05, 0) is 60.5 Å². The molecule has 0 saturated carbocycles. The number of hydrazone groups is 1. The minimum Gasteiger partial charge on any atom is -0.497 e. The SMILES string of the molecule is COc1ccc(N(CC(=O)N/N=C\c2ccc(OCC(=O)N[C@H](C)c3ccccc3)cc2)S(=O)(=O)c2ccccc2[N+](=O)[O-])c(OC)c1. The normalized spacial score (nSPS) is 11.7. The first-order chi connectivity index (χ1) is 23.0. The minimum absolute atomic E-state index is 0.0401. The Bertz CT molecular complexity index is 1890. The average Bonchev–Trinajstić information content (AvgIpc) is 3.10. The van der Waals surface area contributed by atoms with Gasteiger partial charge in [0.25, 0.3) is 27.5 Å². The van der Waals surface area contributed by atoms with Crippen LogP contribution in [0.15, 0.2) is 107 Å². The molecular weight excluding hydrogens is 642 g/mol. The quantitative estimate of drug-likeness (QED) is 0.106. The van der Waals surface area contributed by atoms with Crippen LogP contribution < -0.4 is 29.3 Å². The number of nitro groups is 1. The predicted octanol–water partition coefficient (Wildman–Crippen LogP) is 4.21. The molecule has 0 saturated heterocycles. The van der Waals surface area contributed by atoms with E-state index in [9.17, 15) is 28.1 Å². The lowest BCUT2D eigenvalue weighted by Crippen LogP contribution is -2.40. The lowest BCUT2D eigenvalue weighted by Gasteiger charge is -2.25. The molecule has 2 amide bonds. The Kier molecular flexibility index (Phi) is 11.7. The van der Waals surface area contributed by atoms with Crippen LogP contribution in [0.3, 0.4) is 0 Å². The molecule has 4 aromatic rings. The zero-order valence-electron chi connectivity index (χ0n) is 26.2. The van der Waals surface area contributed by atoms with E-state index in [0.29, 0.717) is 21.4 Å². The molecule has 0 aliphatic heterocycles. The Labute approximate surface area is 277 Å². The summed E-state index contributed by atoms with van der Waals surface area (Å²) in [7, 11) is -1.96. The maximum absolute atomic E-state index is 13.8. The van der Waals surface area contributed by atoms with Crippen molar-refractivity contribution in [2.24, 2.45) is 5.10 Å². The van der Waals surface area contributed by atoms with Crippen LogP contribution >= 0.6 is 0 Å². The third-order valence-electron chi connectivity index (χ3n) is 6.90. The summed E-state index contributed by atoms with van der Waals surface area (Å²) >= 11 is 0. The lowest BCUT2D eigenvalue weighted by molar-refractivity contribution is -0.387. The fourth-order valence-electron chi connectivity index (χ4n) is 4.49. The number of sulfonamides is 1. The molecule has 0 fully saturated rings. The van der Waals surface area contributed by atoms with E-state index in [1.165, 1.54) is 50.8 Å². The molecule has 15 heteroatoms. The molecule has 48 heavy (non-hydrogen) atoms. The Morgan fingerprint density at radius 3 is 2.25 bits per heavy atom. The molecule has 0 aliphatic carbocycles. The van der Waals surface area contributed by atoms with E-state index in [1.807, 2.05) is 37.3 Å². The molecule has 4 aromatic carbocycles. The van der Waals surface area contributed by atoms with E-state index in [1.54, 1.807) is 24.3 Å². The number of nitrogens with zero attached hydrogens (tertiary/aromatic N) is 3. The number of amides is 2. The van der Waals surface area contributed by atoms with E-state index in [-0.39, 0.29) is 30.0 Å². The number of ether oxygens (including phenoxy) is 3. The van der Waals surface area contributed by atoms with Crippen LogP contribution in [0.2, 0.25) is 0 Å². The van der Waals surface area contributed by atoms with Crippen molar-refractivity contribution in [2.75, 3.05) is 31.7 Å². The van der Waals surface area contributed by atoms with Crippen LogP contribution in [0.1, 0.15) is 24.1 Å². The number of carbonyl (C=O) groups is 2. The molecule has 0 unspecified atom stereocenters. The number of anilines is 1. The summed E-state index contributed by atoms with van der Waals surface area (Å²) in [5, 5.41) is 18.4. The first-order valence-corrected chi connectivity index (χ1v) is 15.8. The second-order valence-corrected chi connectivity index (χ2v) is 12.0. The van der Waals surface area contributed by atoms with Gasteiger partial charge in [0.2, 0.25) is 0 Å². The van der Waals surface area contributed by atoms with E-state index < -0.39 is 38.0 Å². The van der Waals surface area contributed by atoms with Crippen molar-refractivity contribution < 1.29 is 37.1 Å². The number of hydrogen-bond acceptors (Lipinski definition) is 10. The fourth-order valence-corrected chi connectivity index (χ4v) is 6.08. The number of rotatable bonds is 15. The van der Waals surface area contributed by atoms with Crippen molar-refractivity contribution in [1.82, 2.24) is 10.7 Å². The third-order valence-corrected chi connectivity index (χ3v) is 8.71. The summed E-state index contributed by atoms with van der Waals surface area (Å²) < 4.78 is 44.5. The number of nitrogens with one attached hydrogen (secondary N) is 2. The topological polar surface area (TPSA) is 179 Å². The molecule has 0 radical (unpaired) electrons. The Hall–Kier alpha value is -5.96. The van der Waals surface area contributed by atoms with Crippen LogP contribution in [0.25, 0.3) is 0 Å². The van der Waals surface area contributed by atoms with Gasteiger partial charge in [0, 0.05) is 12.1 Å². The molecule has 2 N–H and O–H groups in total. The Morgan fingerprint density at radius 1 is 0.917 bits per heavy atom. The van der Waals surface area contributed by atoms with Gasteiger partial charge in [0.1, 0.15) is 23.8 Å². The van der Waals surface area contributed by atoms with Crippen LogP contribution in [0.5, 0.6) is 17.2 Å². The minimum atomic E-state index is -4.68. The molecule has 0 bridgehead atoms. The average molecular weight is 676 g/mol. The zero-order chi connectivity index (χ0) is 34.7. The van der Waals surface area contributed by atoms with Gasteiger partial charge in [-0.15, -0.1) is 0 Å². The molecule has 0 aromatic heterocycles. The highest BCUT2D eigenvalue weighted by Crippen LogP contribution is 2.37. The lowest BCUT2D eigenvalue weighted by atomic mass is 10.1. The summed E-state index contributed by atoms with van der Waals surface area (Å²) in [5.74, 6) is -0.307. The number of hydrogen-bond donors (Lipinski definition) is 2. The fraction of sp³-hybridized carbons (Fsp3) is 0.182. The summed E-state index contributed by atoms with van der Waals surface area (Å²) in [4.78, 5) is 35.6. The van der Waals surface area contributed by atoms with Crippen molar-refractivity contribution in [3.63, 3.8) is 0 Å². The van der Waals surface area contributed by atoms with Gasteiger partial charge in [0.15, 0.2) is 11.5 Å². The van der Waals surface area contributed by atoms with Crippen molar-refractivity contribution in [2.45, 2.75) is 17.9 Å². The number of methoxy groups -OCH3 is 2. The van der Waals surface area contributed by atoms with Gasteiger partial charge < -0.3 is 19.5 Å². The van der Waals surface area contributed by atoms with Gasteiger partial charge in [-0.2, -0.15) is 5.10 Å². The van der Waals surface area contributed by atoms with E-state index in [4.69, 9.17) is 14.2 Å². The Balaban J connectivity index is 1.43. The van der Waals surface area contributed by atoms with Crippen LogP contribution in [0.4, 0.5) is 11.4 Å². The molecule has 0 heterocycles. The summed E-state index contributed by atoms with van der Waals surface area (Å²) in [6.07, 6.45) is 1.32. The summed E-state index contributed by atoms with van der Waals surface area (Å²) in [5.41, 5.74) is 3.09. The number of nitro benzene ring substituents is 1. The summed E-state index contributed by atoms with van der Waals surface area (Å²) in [6, 6.07) is 24.9. The number of carbonyl (C=O) groups excluding carboxylic acids is 2. The standard InChI is InChI=1S/C33H33N5O9S/c1-23(25-9-5-4-6-10-25)35-33(40)22-47-26-15-13-24(14-16-26)20-34-36-32(39)21-37(28-18-17-27(45-2)19-30(28)46-3)48(43,44)31-12-8-7-11-29(31)38(41)42/h4-20,23H,21-22H2,1-3H3,(H,35,40)(H,36,39)/b34-20-/t23-/m1/s1. The highest BCUT2D eigenvalue weighted by atomic mass is 32.2. The highest BCUT2D eigenvalue weighted by Gasteiger charge is 2.34. The van der Waals surface area contributed by atoms with Crippen molar-refractivity contribution in [3.05, 3.63) is 118 Å². The maximum atomic E-state index is 13.8.